The van der Waals surface area contributed by atoms with Crippen LogP contribution in [-0.4, -0.2) is 13.6 Å². The van der Waals surface area contributed by atoms with E-state index in [0.29, 0.717) is 0 Å². The Hall–Kier alpha value is -1.24. The van der Waals surface area contributed by atoms with Gasteiger partial charge in [0.2, 0.25) is 0 Å². The van der Waals surface area contributed by atoms with Crippen LogP contribution >= 0.6 is 0 Å². The van der Waals surface area contributed by atoms with Gasteiger partial charge >= 0.3 is 0 Å². The van der Waals surface area contributed by atoms with Crippen molar-refractivity contribution in [1.82, 2.24) is 0 Å². The predicted octanol–water partition coefficient (Wildman–Crippen LogP) is 2.24. The first-order valence-corrected chi connectivity index (χ1v) is 4.23. The summed E-state index contributed by atoms with van der Waals surface area (Å²) >= 11 is 0. The standard InChI is InChI=1S/C11H13N/c1-9-7-10-5-3-4-6-11(10)12(2)8-9/h3-6H,1,7-8H2,2H3. The molecule has 0 fully saturated rings. The van der Waals surface area contributed by atoms with Crippen molar-refractivity contribution in [3.63, 3.8) is 0 Å². The number of hydrogen-bond acceptors (Lipinski definition) is 1. The van der Waals surface area contributed by atoms with E-state index < -0.39 is 0 Å². The SMILES string of the molecule is C=C1Cc2ccccc2N(C)C1. The van der Waals surface area contributed by atoms with Crippen molar-refractivity contribution in [3.8, 4) is 0 Å². The van der Waals surface area contributed by atoms with Gasteiger partial charge in [0.15, 0.2) is 0 Å². The molecule has 1 nitrogen and oxygen atoms in total. The number of nitrogens with zero attached hydrogens (tertiary/aromatic N) is 1. The fraction of sp³-hybridized carbons (Fsp3) is 0.273. The van der Waals surface area contributed by atoms with Crippen molar-refractivity contribution in [1.29, 1.82) is 0 Å². The average molecular weight is 159 g/mol. The van der Waals surface area contributed by atoms with Crippen molar-refractivity contribution in [2.75, 3.05) is 18.5 Å². The first-order chi connectivity index (χ1) is 5.77. The lowest BCUT2D eigenvalue weighted by Crippen LogP contribution is -2.26. The van der Waals surface area contributed by atoms with Crippen LogP contribution in [0.2, 0.25) is 0 Å². The average Bonchev–Trinajstić information content (AvgIpc) is 2.04. The van der Waals surface area contributed by atoms with E-state index in [1.165, 1.54) is 16.8 Å². The van der Waals surface area contributed by atoms with Crippen molar-refractivity contribution >= 4 is 5.69 Å². The monoisotopic (exact) mass is 159 g/mol. The first-order valence-electron chi connectivity index (χ1n) is 4.23. The van der Waals surface area contributed by atoms with Crippen molar-refractivity contribution in [2.24, 2.45) is 0 Å². The number of anilines is 1. The van der Waals surface area contributed by atoms with Crippen LogP contribution in [-0.2, 0) is 6.42 Å². The molecule has 0 saturated carbocycles. The Kier molecular flexibility index (Phi) is 1.65. The molecule has 2 rings (SSSR count). The molecule has 1 aromatic carbocycles. The van der Waals surface area contributed by atoms with Crippen LogP contribution in [0.15, 0.2) is 36.4 Å². The van der Waals surface area contributed by atoms with E-state index in [4.69, 9.17) is 0 Å². The zero-order valence-corrected chi connectivity index (χ0v) is 7.38. The minimum Gasteiger partial charge on any atom is -0.370 e. The molecular formula is C11H13N. The van der Waals surface area contributed by atoms with E-state index in [9.17, 15) is 0 Å². The summed E-state index contributed by atoms with van der Waals surface area (Å²) in [7, 11) is 2.11. The Bertz CT molecular complexity index is 315. The minimum atomic E-state index is 0.997. The number of rotatable bonds is 0. The van der Waals surface area contributed by atoms with Gasteiger partial charge in [0.05, 0.1) is 0 Å². The molecular weight excluding hydrogens is 146 g/mol. The van der Waals surface area contributed by atoms with Crippen LogP contribution in [0.4, 0.5) is 5.69 Å². The Morgan fingerprint density at radius 3 is 2.92 bits per heavy atom. The first kappa shape index (κ1) is 7.41. The summed E-state index contributed by atoms with van der Waals surface area (Å²) in [6.07, 6.45) is 1.04. The van der Waals surface area contributed by atoms with Gasteiger partial charge in [0.25, 0.3) is 0 Å². The van der Waals surface area contributed by atoms with Crippen LogP contribution in [0.5, 0.6) is 0 Å². The Balaban J connectivity index is 2.47. The maximum Gasteiger partial charge on any atom is 0.0402 e. The second-order valence-electron chi connectivity index (χ2n) is 3.41. The summed E-state index contributed by atoms with van der Waals surface area (Å²) in [4.78, 5) is 2.25. The Morgan fingerprint density at radius 1 is 1.33 bits per heavy atom. The molecule has 1 aromatic rings. The van der Waals surface area contributed by atoms with Gasteiger partial charge in [-0.15, -0.1) is 0 Å². The fourth-order valence-corrected chi connectivity index (χ4v) is 1.78. The third kappa shape index (κ3) is 1.11. The van der Waals surface area contributed by atoms with Crippen LogP contribution in [0.25, 0.3) is 0 Å². The predicted molar refractivity (Wildman–Crippen MR) is 52.6 cm³/mol. The lowest BCUT2D eigenvalue weighted by atomic mass is 9.99. The van der Waals surface area contributed by atoms with Crippen molar-refractivity contribution in [3.05, 3.63) is 42.0 Å². The molecule has 0 unspecified atom stereocenters. The van der Waals surface area contributed by atoms with Gasteiger partial charge < -0.3 is 4.90 Å². The normalized spacial score (nSPS) is 16.1. The number of hydrogen-bond donors (Lipinski definition) is 0. The highest BCUT2D eigenvalue weighted by Gasteiger charge is 2.14. The lowest BCUT2D eigenvalue weighted by Gasteiger charge is -2.28. The quantitative estimate of drug-likeness (QED) is 0.525. The molecule has 12 heavy (non-hydrogen) atoms. The summed E-state index contributed by atoms with van der Waals surface area (Å²) in [5, 5.41) is 0. The van der Waals surface area contributed by atoms with E-state index in [-0.39, 0.29) is 0 Å². The maximum absolute atomic E-state index is 4.02. The number of benzene rings is 1. The number of likely N-dealkylation sites (N-methyl/N-ethyl adjacent to an activating group) is 1. The molecule has 0 bridgehead atoms. The third-order valence-corrected chi connectivity index (χ3v) is 2.30. The molecule has 0 aromatic heterocycles. The molecule has 0 amide bonds. The summed E-state index contributed by atoms with van der Waals surface area (Å²) < 4.78 is 0. The number of fused-ring (bicyclic) bond motifs is 1. The van der Waals surface area contributed by atoms with Crippen LogP contribution in [0.3, 0.4) is 0 Å². The zero-order chi connectivity index (χ0) is 8.55. The van der Waals surface area contributed by atoms with Crippen molar-refractivity contribution in [2.45, 2.75) is 6.42 Å². The van der Waals surface area contributed by atoms with Gasteiger partial charge in [-0.25, -0.2) is 0 Å². The van der Waals surface area contributed by atoms with E-state index >= 15 is 0 Å². The van der Waals surface area contributed by atoms with Gasteiger partial charge in [-0.1, -0.05) is 30.4 Å². The Labute approximate surface area is 73.3 Å². The van der Waals surface area contributed by atoms with Crippen LogP contribution < -0.4 is 4.90 Å². The van der Waals surface area contributed by atoms with Crippen LogP contribution in [0, 0.1) is 0 Å². The van der Waals surface area contributed by atoms with E-state index in [1.54, 1.807) is 0 Å². The highest BCUT2D eigenvalue weighted by Crippen LogP contribution is 2.26. The van der Waals surface area contributed by atoms with E-state index in [1.807, 2.05) is 0 Å². The summed E-state index contributed by atoms with van der Waals surface area (Å²) in [6.45, 7) is 5.02. The molecule has 0 spiro atoms. The van der Waals surface area contributed by atoms with Gasteiger partial charge in [0, 0.05) is 19.3 Å². The molecule has 0 atom stereocenters. The largest absolute Gasteiger partial charge is 0.370 e. The summed E-state index contributed by atoms with van der Waals surface area (Å²) in [5.41, 5.74) is 4.05. The minimum absolute atomic E-state index is 0.997. The molecule has 0 radical (unpaired) electrons. The maximum atomic E-state index is 4.02. The summed E-state index contributed by atoms with van der Waals surface area (Å²) in [6, 6.07) is 8.52. The van der Waals surface area contributed by atoms with E-state index in [0.717, 1.165) is 13.0 Å². The molecule has 1 heterocycles. The highest BCUT2D eigenvalue weighted by molar-refractivity contribution is 5.57. The Morgan fingerprint density at radius 2 is 2.08 bits per heavy atom. The molecule has 0 aliphatic carbocycles. The molecule has 1 aliphatic heterocycles. The lowest BCUT2D eigenvalue weighted by molar-refractivity contribution is 0.894. The van der Waals surface area contributed by atoms with Gasteiger partial charge in [-0.3, -0.25) is 0 Å². The van der Waals surface area contributed by atoms with Crippen molar-refractivity contribution < 1.29 is 0 Å². The molecule has 1 aliphatic rings. The van der Waals surface area contributed by atoms with Crippen LogP contribution in [0.1, 0.15) is 5.56 Å². The van der Waals surface area contributed by atoms with Gasteiger partial charge in [0.1, 0.15) is 0 Å². The van der Waals surface area contributed by atoms with Gasteiger partial charge in [-0.05, 0) is 18.1 Å². The molecule has 0 saturated heterocycles. The summed E-state index contributed by atoms with van der Waals surface area (Å²) in [5.74, 6) is 0. The molecule has 62 valence electrons. The highest BCUT2D eigenvalue weighted by atomic mass is 15.1. The molecule has 1 heteroatoms. The second kappa shape index (κ2) is 2.67. The van der Waals surface area contributed by atoms with E-state index in [2.05, 4.69) is 42.8 Å². The number of para-hydroxylation sites is 1. The zero-order valence-electron chi connectivity index (χ0n) is 7.38. The third-order valence-electron chi connectivity index (χ3n) is 2.30. The second-order valence-corrected chi connectivity index (χ2v) is 3.41. The topological polar surface area (TPSA) is 3.24 Å². The van der Waals surface area contributed by atoms with Gasteiger partial charge in [-0.2, -0.15) is 0 Å². The molecule has 0 N–H and O–H groups in total. The fourth-order valence-electron chi connectivity index (χ4n) is 1.78. The smallest absolute Gasteiger partial charge is 0.0402 e.